The van der Waals surface area contributed by atoms with E-state index in [9.17, 15) is 4.79 Å². The maximum atomic E-state index is 12.1. The van der Waals surface area contributed by atoms with Crippen LogP contribution in [0.5, 0.6) is 0 Å². The van der Waals surface area contributed by atoms with E-state index >= 15 is 0 Å². The molecule has 3 atom stereocenters. The lowest BCUT2D eigenvalue weighted by molar-refractivity contribution is -0.137. The van der Waals surface area contributed by atoms with E-state index in [4.69, 9.17) is 5.26 Å². The molecular formula is C13H19NO. The molecule has 0 aromatic heterocycles. The van der Waals surface area contributed by atoms with Gasteiger partial charge in [-0.2, -0.15) is 5.26 Å². The Balaban J connectivity index is 3.08. The fourth-order valence-electron chi connectivity index (χ4n) is 2.27. The van der Waals surface area contributed by atoms with E-state index in [2.05, 4.69) is 19.6 Å². The zero-order valence-corrected chi connectivity index (χ0v) is 10.0. The van der Waals surface area contributed by atoms with Crippen molar-refractivity contribution in [1.29, 1.82) is 5.26 Å². The summed E-state index contributed by atoms with van der Waals surface area (Å²) >= 11 is 0. The average molecular weight is 205 g/mol. The van der Waals surface area contributed by atoms with E-state index in [0.29, 0.717) is 5.92 Å². The van der Waals surface area contributed by atoms with Crippen molar-refractivity contribution in [3.05, 3.63) is 12.2 Å². The maximum absolute atomic E-state index is 12.1. The quantitative estimate of drug-likeness (QED) is 0.617. The second-order valence-corrected chi connectivity index (χ2v) is 5.28. The smallest absolute Gasteiger partial charge is 0.156 e. The van der Waals surface area contributed by atoms with Crippen molar-refractivity contribution in [3.63, 3.8) is 0 Å². The summed E-state index contributed by atoms with van der Waals surface area (Å²) in [4.78, 5) is 12.1. The van der Waals surface area contributed by atoms with E-state index in [1.54, 1.807) is 0 Å². The van der Waals surface area contributed by atoms with Crippen LogP contribution in [-0.2, 0) is 4.79 Å². The Hall–Kier alpha value is -1.10. The number of hydrogen-bond acceptors (Lipinski definition) is 2. The second kappa shape index (κ2) is 3.81. The van der Waals surface area contributed by atoms with Crippen LogP contribution in [0.2, 0.25) is 0 Å². The minimum Gasteiger partial charge on any atom is -0.298 e. The van der Waals surface area contributed by atoms with Crippen LogP contribution in [0.1, 0.15) is 34.1 Å². The zero-order valence-electron chi connectivity index (χ0n) is 10.0. The van der Waals surface area contributed by atoms with Gasteiger partial charge in [0.25, 0.3) is 0 Å². The summed E-state index contributed by atoms with van der Waals surface area (Å²) in [5.74, 6) is -0.0488. The number of Topliss-reactive ketones (excluding diaryl/α,β-unsaturated/α-hetero) is 1. The molecule has 0 aromatic carbocycles. The van der Waals surface area contributed by atoms with Crippen molar-refractivity contribution in [3.8, 4) is 6.07 Å². The van der Waals surface area contributed by atoms with Crippen molar-refractivity contribution >= 4 is 5.78 Å². The van der Waals surface area contributed by atoms with Gasteiger partial charge in [-0.05, 0) is 19.3 Å². The summed E-state index contributed by atoms with van der Waals surface area (Å²) in [6, 6.07) is 2.15. The van der Waals surface area contributed by atoms with Crippen LogP contribution in [0.3, 0.4) is 0 Å². The molecule has 0 N–H and O–H groups in total. The van der Waals surface area contributed by atoms with Gasteiger partial charge < -0.3 is 0 Å². The summed E-state index contributed by atoms with van der Waals surface area (Å²) in [6.07, 6.45) is 0.895. The summed E-state index contributed by atoms with van der Waals surface area (Å²) in [6.45, 7) is 11.8. The third-order valence-corrected chi connectivity index (χ3v) is 3.93. The predicted octanol–water partition coefficient (Wildman–Crippen LogP) is 2.95. The van der Waals surface area contributed by atoms with Gasteiger partial charge in [0.05, 0.1) is 6.07 Å². The average Bonchev–Trinajstić information content (AvgIpc) is 2.14. The van der Waals surface area contributed by atoms with Crippen molar-refractivity contribution in [1.82, 2.24) is 0 Å². The number of carbonyl (C=O) groups is 1. The fraction of sp³-hybridized carbons (Fsp3) is 0.692. The third kappa shape index (κ3) is 1.84. The lowest BCUT2D eigenvalue weighted by atomic mass is 9.60. The van der Waals surface area contributed by atoms with Crippen LogP contribution < -0.4 is 0 Å². The molecule has 2 heteroatoms. The SMILES string of the molecule is C=C(C)[C@@H]1C[C@@H](C)C(C)(C)C(=O)[C@H]1C#N. The van der Waals surface area contributed by atoms with Crippen molar-refractivity contribution < 1.29 is 4.79 Å². The molecule has 1 rings (SSSR count). The number of rotatable bonds is 1. The van der Waals surface area contributed by atoms with Crippen molar-refractivity contribution in [2.75, 3.05) is 0 Å². The van der Waals surface area contributed by atoms with Crippen LogP contribution in [-0.4, -0.2) is 5.78 Å². The Labute approximate surface area is 92.0 Å². The Morgan fingerprint density at radius 2 is 2.13 bits per heavy atom. The minimum atomic E-state index is -0.492. The summed E-state index contributed by atoms with van der Waals surface area (Å²) in [5.41, 5.74) is 0.587. The molecule has 0 aromatic rings. The molecule has 2 nitrogen and oxygen atoms in total. The molecule has 0 aliphatic heterocycles. The van der Waals surface area contributed by atoms with Gasteiger partial charge in [0.15, 0.2) is 5.78 Å². The second-order valence-electron chi connectivity index (χ2n) is 5.28. The van der Waals surface area contributed by atoms with Gasteiger partial charge in [-0.15, -0.1) is 0 Å². The van der Waals surface area contributed by atoms with Gasteiger partial charge in [0.1, 0.15) is 5.92 Å². The molecule has 0 saturated heterocycles. The molecule has 0 heterocycles. The zero-order chi connectivity index (χ0) is 11.8. The molecule has 0 amide bonds. The number of nitriles is 1. The number of nitrogens with zero attached hydrogens (tertiary/aromatic N) is 1. The highest BCUT2D eigenvalue weighted by Gasteiger charge is 2.47. The summed E-state index contributed by atoms with van der Waals surface area (Å²) in [5, 5.41) is 9.09. The monoisotopic (exact) mass is 205 g/mol. The first-order valence-electron chi connectivity index (χ1n) is 5.41. The normalized spacial score (nSPS) is 34.6. The van der Waals surface area contributed by atoms with Gasteiger partial charge in [0.2, 0.25) is 0 Å². The third-order valence-electron chi connectivity index (χ3n) is 3.93. The highest BCUT2D eigenvalue weighted by atomic mass is 16.1. The Morgan fingerprint density at radius 1 is 1.60 bits per heavy atom. The molecule has 0 unspecified atom stereocenters. The number of hydrogen-bond donors (Lipinski definition) is 0. The molecule has 15 heavy (non-hydrogen) atoms. The van der Waals surface area contributed by atoms with E-state index in [-0.39, 0.29) is 17.1 Å². The molecule has 1 saturated carbocycles. The van der Waals surface area contributed by atoms with Gasteiger partial charge in [-0.1, -0.05) is 32.9 Å². The first-order chi connectivity index (χ1) is 6.82. The highest BCUT2D eigenvalue weighted by molar-refractivity contribution is 5.90. The number of ketones is 1. The van der Waals surface area contributed by atoms with Crippen LogP contribution in [0.15, 0.2) is 12.2 Å². The van der Waals surface area contributed by atoms with E-state index in [1.165, 1.54) is 0 Å². The molecule has 1 fully saturated rings. The lowest BCUT2D eigenvalue weighted by Crippen LogP contribution is -2.45. The fourth-order valence-corrected chi connectivity index (χ4v) is 2.27. The maximum Gasteiger partial charge on any atom is 0.156 e. The first kappa shape index (κ1) is 12.0. The van der Waals surface area contributed by atoms with E-state index < -0.39 is 5.92 Å². The van der Waals surface area contributed by atoms with Crippen LogP contribution in [0, 0.1) is 34.5 Å². The van der Waals surface area contributed by atoms with Crippen molar-refractivity contribution in [2.45, 2.75) is 34.1 Å². The Bertz CT molecular complexity index is 335. The predicted molar refractivity (Wildman–Crippen MR) is 60.0 cm³/mol. The molecule has 0 radical (unpaired) electrons. The topological polar surface area (TPSA) is 40.9 Å². The first-order valence-corrected chi connectivity index (χ1v) is 5.41. The number of allylic oxidation sites excluding steroid dienone is 1. The van der Waals surface area contributed by atoms with Gasteiger partial charge in [-0.25, -0.2) is 0 Å². The minimum absolute atomic E-state index is 0.0468. The van der Waals surface area contributed by atoms with Crippen LogP contribution >= 0.6 is 0 Å². The summed E-state index contributed by atoms with van der Waals surface area (Å²) < 4.78 is 0. The number of carbonyl (C=O) groups excluding carboxylic acids is 1. The molecule has 0 bridgehead atoms. The van der Waals surface area contributed by atoms with Crippen molar-refractivity contribution in [2.24, 2.45) is 23.2 Å². The van der Waals surface area contributed by atoms with Crippen LogP contribution in [0.4, 0.5) is 0 Å². The standard InChI is InChI=1S/C13H19NO/c1-8(2)10-6-9(3)13(4,5)12(15)11(10)7-14/h9-11H,1,6H2,2-5H3/t9-,10+,11+/m1/s1. The van der Waals surface area contributed by atoms with Gasteiger partial charge in [0, 0.05) is 11.3 Å². The molecule has 0 spiro atoms. The van der Waals surface area contributed by atoms with Crippen LogP contribution in [0.25, 0.3) is 0 Å². The summed E-state index contributed by atoms with van der Waals surface area (Å²) in [7, 11) is 0. The molecule has 82 valence electrons. The Kier molecular flexibility index (Phi) is 3.04. The van der Waals surface area contributed by atoms with E-state index in [1.807, 2.05) is 20.8 Å². The van der Waals surface area contributed by atoms with E-state index in [0.717, 1.165) is 12.0 Å². The van der Waals surface area contributed by atoms with Gasteiger partial charge >= 0.3 is 0 Å². The largest absolute Gasteiger partial charge is 0.298 e. The molecule has 1 aliphatic rings. The lowest BCUT2D eigenvalue weighted by Gasteiger charge is -2.41. The molecular weight excluding hydrogens is 186 g/mol. The van der Waals surface area contributed by atoms with Gasteiger partial charge in [-0.3, -0.25) is 4.79 Å². The highest BCUT2D eigenvalue weighted by Crippen LogP contribution is 2.44. The Morgan fingerprint density at radius 3 is 2.53 bits per heavy atom. The molecule has 1 aliphatic carbocycles.